The molecule has 0 fully saturated rings. The van der Waals surface area contributed by atoms with Gasteiger partial charge >= 0.3 is 0 Å². The van der Waals surface area contributed by atoms with Crippen molar-refractivity contribution in [3.63, 3.8) is 0 Å². The fourth-order valence-corrected chi connectivity index (χ4v) is 2.15. The number of benzene rings is 1. The van der Waals surface area contributed by atoms with Crippen molar-refractivity contribution < 1.29 is 4.42 Å². The van der Waals surface area contributed by atoms with E-state index in [-0.39, 0.29) is 0 Å². The Kier molecular flexibility index (Phi) is 3.63. The van der Waals surface area contributed by atoms with Crippen molar-refractivity contribution in [3.05, 3.63) is 65.3 Å². The number of aromatic nitrogens is 2. The summed E-state index contributed by atoms with van der Waals surface area (Å²) in [6.45, 7) is 0.455. The third-order valence-electron chi connectivity index (χ3n) is 2.93. The number of nitriles is 1. The number of rotatable bonds is 4. The van der Waals surface area contributed by atoms with E-state index in [1.165, 1.54) is 0 Å². The number of halogens is 1. The molecule has 1 N–H and O–H groups in total. The zero-order valence-electron chi connectivity index (χ0n) is 11.0. The van der Waals surface area contributed by atoms with Crippen molar-refractivity contribution in [1.82, 2.24) is 9.78 Å². The van der Waals surface area contributed by atoms with Gasteiger partial charge in [-0.1, -0.05) is 11.6 Å². The molecule has 2 aromatic heterocycles. The molecule has 3 aromatic rings. The van der Waals surface area contributed by atoms with Crippen LogP contribution in [0.25, 0.3) is 5.69 Å². The van der Waals surface area contributed by atoms with Crippen LogP contribution < -0.4 is 5.32 Å². The second-order valence-corrected chi connectivity index (χ2v) is 4.78. The molecule has 104 valence electrons. The lowest BCUT2D eigenvalue weighted by molar-refractivity contribution is 0.506. The van der Waals surface area contributed by atoms with Crippen molar-refractivity contribution in [3.8, 4) is 11.8 Å². The van der Waals surface area contributed by atoms with Gasteiger partial charge < -0.3 is 9.73 Å². The standard InChI is InChI=1S/C15H11ClN4O/c16-11-2-5-15(20-7-1-6-19-20)14(8-11)18-10-13-4-3-12(9-17)21-13/h1-8,18H,10H2. The highest BCUT2D eigenvalue weighted by Gasteiger charge is 2.07. The summed E-state index contributed by atoms with van der Waals surface area (Å²) in [5, 5.41) is 16.8. The van der Waals surface area contributed by atoms with Gasteiger partial charge in [0.05, 0.1) is 17.9 Å². The molecule has 0 aliphatic rings. The molecule has 21 heavy (non-hydrogen) atoms. The highest BCUT2D eigenvalue weighted by atomic mass is 35.5. The second-order valence-electron chi connectivity index (χ2n) is 4.34. The highest BCUT2D eigenvalue weighted by Crippen LogP contribution is 2.24. The molecule has 1 aromatic carbocycles. The van der Waals surface area contributed by atoms with E-state index in [1.807, 2.05) is 36.5 Å². The lowest BCUT2D eigenvalue weighted by Gasteiger charge is -2.11. The Morgan fingerprint density at radius 1 is 1.33 bits per heavy atom. The monoisotopic (exact) mass is 298 g/mol. The van der Waals surface area contributed by atoms with E-state index in [0.717, 1.165) is 11.4 Å². The molecule has 2 heterocycles. The fraction of sp³-hybridized carbons (Fsp3) is 0.0667. The molecule has 0 saturated heterocycles. The number of nitrogens with zero attached hydrogens (tertiary/aromatic N) is 3. The van der Waals surface area contributed by atoms with Gasteiger partial charge in [-0.05, 0) is 36.4 Å². The predicted octanol–water partition coefficient (Wildman–Crippen LogP) is 3.60. The van der Waals surface area contributed by atoms with Gasteiger partial charge in [-0.15, -0.1) is 0 Å². The lowest BCUT2D eigenvalue weighted by Crippen LogP contribution is -2.04. The van der Waals surface area contributed by atoms with Crippen LogP contribution >= 0.6 is 11.6 Å². The zero-order valence-corrected chi connectivity index (χ0v) is 11.7. The Morgan fingerprint density at radius 3 is 2.95 bits per heavy atom. The molecule has 3 rings (SSSR count). The molecule has 0 amide bonds. The molecule has 0 atom stereocenters. The smallest absolute Gasteiger partial charge is 0.203 e. The average Bonchev–Trinajstić information content (AvgIpc) is 3.16. The van der Waals surface area contributed by atoms with Crippen LogP contribution in [0.3, 0.4) is 0 Å². The number of anilines is 1. The maximum Gasteiger partial charge on any atom is 0.203 e. The van der Waals surface area contributed by atoms with Crippen LogP contribution in [0.2, 0.25) is 5.02 Å². The Balaban J connectivity index is 1.84. The first kappa shape index (κ1) is 13.3. The molecule has 0 spiro atoms. The minimum Gasteiger partial charge on any atom is -0.449 e. The van der Waals surface area contributed by atoms with Gasteiger partial charge in [0.2, 0.25) is 5.76 Å². The molecule has 0 radical (unpaired) electrons. The van der Waals surface area contributed by atoms with E-state index in [0.29, 0.717) is 23.1 Å². The molecule has 5 nitrogen and oxygen atoms in total. The molecule has 0 aliphatic heterocycles. The maximum absolute atomic E-state index is 8.75. The van der Waals surface area contributed by atoms with Crippen LogP contribution in [-0.4, -0.2) is 9.78 Å². The summed E-state index contributed by atoms with van der Waals surface area (Å²) in [5.74, 6) is 0.975. The van der Waals surface area contributed by atoms with Gasteiger partial charge in [0.15, 0.2) is 0 Å². The largest absolute Gasteiger partial charge is 0.449 e. The summed E-state index contributed by atoms with van der Waals surface area (Å²) in [7, 11) is 0. The normalized spacial score (nSPS) is 10.3. The number of furan rings is 1. The summed E-state index contributed by atoms with van der Waals surface area (Å²) in [6.07, 6.45) is 3.57. The molecule has 6 heteroatoms. The highest BCUT2D eigenvalue weighted by molar-refractivity contribution is 6.31. The van der Waals surface area contributed by atoms with E-state index >= 15 is 0 Å². The van der Waals surface area contributed by atoms with Gasteiger partial charge in [-0.2, -0.15) is 10.4 Å². The number of nitrogens with one attached hydrogen (secondary N) is 1. The molecule has 0 bridgehead atoms. The van der Waals surface area contributed by atoms with Gasteiger partial charge in [0.25, 0.3) is 0 Å². The van der Waals surface area contributed by atoms with E-state index < -0.39 is 0 Å². The molecular weight excluding hydrogens is 288 g/mol. The Bertz CT molecular complexity index is 786. The Labute approximate surface area is 126 Å². The van der Waals surface area contributed by atoms with E-state index in [4.69, 9.17) is 21.3 Å². The lowest BCUT2D eigenvalue weighted by atomic mass is 10.2. The van der Waals surface area contributed by atoms with E-state index in [9.17, 15) is 0 Å². The summed E-state index contributed by atoms with van der Waals surface area (Å²) >= 11 is 6.05. The van der Waals surface area contributed by atoms with Crippen molar-refractivity contribution in [2.45, 2.75) is 6.54 Å². The Morgan fingerprint density at radius 2 is 2.24 bits per heavy atom. The summed E-state index contributed by atoms with van der Waals surface area (Å²) in [6, 6.07) is 12.7. The topological polar surface area (TPSA) is 66.8 Å². The minimum absolute atomic E-state index is 0.296. The fourth-order valence-electron chi connectivity index (χ4n) is 1.98. The average molecular weight is 299 g/mol. The molecule has 0 aliphatic carbocycles. The first-order valence-corrected chi connectivity index (χ1v) is 6.66. The summed E-state index contributed by atoms with van der Waals surface area (Å²) in [5.41, 5.74) is 1.72. The number of hydrogen-bond donors (Lipinski definition) is 1. The summed E-state index contributed by atoms with van der Waals surface area (Å²) in [4.78, 5) is 0. The Hall–Kier alpha value is -2.71. The molecular formula is C15H11ClN4O. The van der Waals surface area contributed by atoms with Crippen molar-refractivity contribution >= 4 is 17.3 Å². The van der Waals surface area contributed by atoms with Crippen molar-refractivity contribution in [2.75, 3.05) is 5.32 Å². The third-order valence-corrected chi connectivity index (χ3v) is 3.17. The van der Waals surface area contributed by atoms with Crippen LogP contribution in [0.15, 0.2) is 53.2 Å². The second kappa shape index (κ2) is 5.73. The van der Waals surface area contributed by atoms with Crippen LogP contribution in [0.1, 0.15) is 11.5 Å². The van der Waals surface area contributed by atoms with E-state index in [1.54, 1.807) is 23.0 Å². The number of hydrogen-bond acceptors (Lipinski definition) is 4. The predicted molar refractivity (Wildman–Crippen MR) is 79.3 cm³/mol. The van der Waals surface area contributed by atoms with Gasteiger partial charge in [-0.25, -0.2) is 4.68 Å². The van der Waals surface area contributed by atoms with Gasteiger partial charge in [0.1, 0.15) is 11.8 Å². The van der Waals surface area contributed by atoms with Crippen LogP contribution in [0, 0.1) is 11.3 Å². The molecule has 0 unspecified atom stereocenters. The first-order valence-electron chi connectivity index (χ1n) is 6.28. The molecule has 0 saturated carbocycles. The summed E-state index contributed by atoms with van der Waals surface area (Å²) < 4.78 is 7.09. The zero-order chi connectivity index (χ0) is 14.7. The van der Waals surface area contributed by atoms with Crippen LogP contribution in [-0.2, 0) is 6.54 Å². The van der Waals surface area contributed by atoms with Crippen molar-refractivity contribution in [2.24, 2.45) is 0 Å². The first-order chi connectivity index (χ1) is 10.3. The van der Waals surface area contributed by atoms with Crippen LogP contribution in [0.4, 0.5) is 5.69 Å². The van der Waals surface area contributed by atoms with Crippen molar-refractivity contribution in [1.29, 1.82) is 5.26 Å². The third kappa shape index (κ3) is 2.91. The van der Waals surface area contributed by atoms with Crippen LogP contribution in [0.5, 0.6) is 0 Å². The van der Waals surface area contributed by atoms with Gasteiger partial charge in [0, 0.05) is 17.4 Å². The minimum atomic E-state index is 0.296. The van der Waals surface area contributed by atoms with E-state index in [2.05, 4.69) is 10.4 Å². The van der Waals surface area contributed by atoms with Gasteiger partial charge in [-0.3, -0.25) is 0 Å². The quantitative estimate of drug-likeness (QED) is 0.799. The SMILES string of the molecule is N#Cc1ccc(CNc2cc(Cl)ccc2-n2cccn2)o1. The maximum atomic E-state index is 8.75.